The SMILES string of the molecule is CC(=O)c1cccc(N(CC(=O)Nc2ccccc2C(=O)N[C@@H](C)c2ccccc2)S(C)(=O)=O)c1. The molecule has 0 fully saturated rings. The Morgan fingerprint density at radius 1 is 0.914 bits per heavy atom. The second kappa shape index (κ2) is 11.0. The molecule has 2 amide bonds. The van der Waals surface area contributed by atoms with E-state index in [1.807, 2.05) is 37.3 Å². The van der Waals surface area contributed by atoms with Crippen LogP contribution in [0.25, 0.3) is 0 Å². The molecule has 3 aromatic carbocycles. The highest BCUT2D eigenvalue weighted by atomic mass is 32.2. The van der Waals surface area contributed by atoms with Gasteiger partial charge in [0.25, 0.3) is 5.91 Å². The summed E-state index contributed by atoms with van der Waals surface area (Å²) >= 11 is 0. The van der Waals surface area contributed by atoms with Gasteiger partial charge in [0.1, 0.15) is 6.54 Å². The maximum absolute atomic E-state index is 12.9. The van der Waals surface area contributed by atoms with Crippen molar-refractivity contribution in [3.05, 3.63) is 95.6 Å². The molecule has 0 aliphatic heterocycles. The number of amides is 2. The summed E-state index contributed by atoms with van der Waals surface area (Å²) in [5, 5.41) is 5.55. The van der Waals surface area contributed by atoms with Crippen LogP contribution in [0.15, 0.2) is 78.9 Å². The topological polar surface area (TPSA) is 113 Å². The van der Waals surface area contributed by atoms with Gasteiger partial charge in [-0.2, -0.15) is 0 Å². The molecule has 182 valence electrons. The number of nitrogens with zero attached hydrogens (tertiary/aromatic N) is 1. The van der Waals surface area contributed by atoms with Gasteiger partial charge in [-0.05, 0) is 43.7 Å². The smallest absolute Gasteiger partial charge is 0.253 e. The summed E-state index contributed by atoms with van der Waals surface area (Å²) in [6.07, 6.45) is 0.979. The summed E-state index contributed by atoms with van der Waals surface area (Å²) in [4.78, 5) is 37.5. The summed E-state index contributed by atoms with van der Waals surface area (Å²) < 4.78 is 25.8. The first-order valence-corrected chi connectivity index (χ1v) is 12.7. The fourth-order valence-corrected chi connectivity index (χ4v) is 4.34. The molecule has 2 N–H and O–H groups in total. The molecule has 0 saturated heterocycles. The number of hydrogen-bond donors (Lipinski definition) is 2. The zero-order chi connectivity index (χ0) is 25.6. The minimum Gasteiger partial charge on any atom is -0.345 e. The van der Waals surface area contributed by atoms with Crippen LogP contribution in [0.1, 0.15) is 46.2 Å². The van der Waals surface area contributed by atoms with Crippen molar-refractivity contribution in [2.24, 2.45) is 0 Å². The molecule has 0 radical (unpaired) electrons. The van der Waals surface area contributed by atoms with Crippen LogP contribution in [0.3, 0.4) is 0 Å². The number of para-hydroxylation sites is 1. The van der Waals surface area contributed by atoms with E-state index in [1.165, 1.54) is 19.1 Å². The van der Waals surface area contributed by atoms with Crippen LogP contribution in [0.2, 0.25) is 0 Å². The summed E-state index contributed by atoms with van der Waals surface area (Å²) in [7, 11) is -3.84. The molecule has 3 rings (SSSR count). The van der Waals surface area contributed by atoms with Gasteiger partial charge >= 0.3 is 0 Å². The summed E-state index contributed by atoms with van der Waals surface area (Å²) in [5.74, 6) is -1.25. The first kappa shape index (κ1) is 25.6. The molecule has 3 aromatic rings. The Balaban J connectivity index is 1.79. The number of carbonyl (C=O) groups excluding carboxylic acids is 3. The molecular formula is C26H27N3O5S. The van der Waals surface area contributed by atoms with E-state index < -0.39 is 22.5 Å². The number of benzene rings is 3. The van der Waals surface area contributed by atoms with Crippen molar-refractivity contribution in [2.45, 2.75) is 19.9 Å². The molecule has 8 nitrogen and oxygen atoms in total. The first-order valence-electron chi connectivity index (χ1n) is 10.9. The molecule has 0 saturated carbocycles. The number of rotatable bonds is 9. The Kier molecular flexibility index (Phi) is 8.03. The minimum absolute atomic E-state index is 0.193. The van der Waals surface area contributed by atoms with Crippen molar-refractivity contribution < 1.29 is 22.8 Å². The standard InChI is InChI=1S/C26H27N3O5S/c1-18(20-10-5-4-6-11-20)27-26(32)23-14-7-8-15-24(23)28-25(31)17-29(35(3,33)34)22-13-9-12-21(16-22)19(2)30/h4-16,18H,17H2,1-3H3,(H,27,32)(H,28,31)/t18-/m0/s1. The normalized spacial score (nSPS) is 11.9. The van der Waals surface area contributed by atoms with Crippen LogP contribution in [0.4, 0.5) is 11.4 Å². The Morgan fingerprint density at radius 3 is 2.23 bits per heavy atom. The molecule has 0 aliphatic carbocycles. The molecule has 0 aliphatic rings. The van der Waals surface area contributed by atoms with Gasteiger partial charge in [-0.15, -0.1) is 0 Å². The van der Waals surface area contributed by atoms with Gasteiger partial charge < -0.3 is 10.6 Å². The lowest BCUT2D eigenvalue weighted by molar-refractivity contribution is -0.114. The molecule has 35 heavy (non-hydrogen) atoms. The molecular weight excluding hydrogens is 466 g/mol. The summed E-state index contributed by atoms with van der Waals surface area (Å²) in [6.45, 7) is 2.70. The second-order valence-corrected chi connectivity index (χ2v) is 9.98. The number of hydrogen-bond acceptors (Lipinski definition) is 5. The van der Waals surface area contributed by atoms with Gasteiger partial charge in [-0.1, -0.05) is 54.6 Å². The number of carbonyl (C=O) groups is 3. The largest absolute Gasteiger partial charge is 0.345 e. The maximum atomic E-state index is 12.9. The third kappa shape index (κ3) is 6.77. The van der Waals surface area contributed by atoms with E-state index in [1.54, 1.807) is 36.4 Å². The van der Waals surface area contributed by atoms with Crippen LogP contribution < -0.4 is 14.9 Å². The zero-order valence-electron chi connectivity index (χ0n) is 19.7. The molecule has 1 atom stereocenters. The average Bonchev–Trinajstić information content (AvgIpc) is 2.82. The van der Waals surface area contributed by atoms with Crippen LogP contribution >= 0.6 is 0 Å². The Bertz CT molecular complexity index is 1340. The highest BCUT2D eigenvalue weighted by Gasteiger charge is 2.23. The lowest BCUT2D eigenvalue weighted by atomic mass is 10.1. The van der Waals surface area contributed by atoms with Crippen molar-refractivity contribution >= 4 is 39.0 Å². The van der Waals surface area contributed by atoms with Crippen LogP contribution in [0.5, 0.6) is 0 Å². The fourth-order valence-electron chi connectivity index (χ4n) is 3.49. The Labute approximate surface area is 205 Å². The molecule has 0 spiro atoms. The van der Waals surface area contributed by atoms with Gasteiger partial charge in [0, 0.05) is 5.56 Å². The number of ketones is 1. The lowest BCUT2D eigenvalue weighted by Gasteiger charge is -2.23. The van der Waals surface area contributed by atoms with E-state index in [0.717, 1.165) is 16.1 Å². The van der Waals surface area contributed by atoms with E-state index in [0.29, 0.717) is 5.56 Å². The monoisotopic (exact) mass is 493 g/mol. The molecule has 0 unspecified atom stereocenters. The highest BCUT2D eigenvalue weighted by molar-refractivity contribution is 7.92. The van der Waals surface area contributed by atoms with Crippen LogP contribution in [-0.4, -0.2) is 38.8 Å². The van der Waals surface area contributed by atoms with Gasteiger partial charge in [-0.3, -0.25) is 18.7 Å². The molecule has 0 aromatic heterocycles. The van der Waals surface area contributed by atoms with E-state index >= 15 is 0 Å². The molecule has 0 heterocycles. The number of nitrogens with one attached hydrogen (secondary N) is 2. The molecule has 9 heteroatoms. The predicted molar refractivity (Wildman–Crippen MR) is 136 cm³/mol. The maximum Gasteiger partial charge on any atom is 0.253 e. The van der Waals surface area contributed by atoms with Crippen LogP contribution in [-0.2, 0) is 14.8 Å². The number of Topliss-reactive ketones (excluding diaryl/α,β-unsaturated/α-hetero) is 1. The summed E-state index contributed by atoms with van der Waals surface area (Å²) in [5.41, 5.74) is 1.94. The number of sulfonamides is 1. The Morgan fingerprint density at radius 2 is 1.57 bits per heavy atom. The third-order valence-electron chi connectivity index (χ3n) is 5.32. The minimum atomic E-state index is -3.84. The number of anilines is 2. The van der Waals surface area contributed by atoms with Gasteiger partial charge in [-0.25, -0.2) is 8.42 Å². The fraction of sp³-hybridized carbons (Fsp3) is 0.192. The van der Waals surface area contributed by atoms with E-state index in [-0.39, 0.29) is 34.7 Å². The van der Waals surface area contributed by atoms with Crippen molar-refractivity contribution in [3.63, 3.8) is 0 Å². The average molecular weight is 494 g/mol. The second-order valence-electron chi connectivity index (χ2n) is 8.08. The van der Waals surface area contributed by atoms with Crippen molar-refractivity contribution in [1.29, 1.82) is 0 Å². The zero-order valence-corrected chi connectivity index (χ0v) is 20.5. The molecule has 0 bridgehead atoms. The first-order chi connectivity index (χ1) is 16.6. The van der Waals surface area contributed by atoms with Gasteiger partial charge in [0.2, 0.25) is 15.9 Å². The van der Waals surface area contributed by atoms with Crippen LogP contribution in [0, 0.1) is 0 Å². The lowest BCUT2D eigenvalue weighted by Crippen LogP contribution is -2.38. The summed E-state index contributed by atoms with van der Waals surface area (Å²) in [6, 6.07) is 21.7. The predicted octanol–water partition coefficient (Wildman–Crippen LogP) is 3.78. The van der Waals surface area contributed by atoms with Gasteiger partial charge in [0.05, 0.1) is 29.2 Å². The van der Waals surface area contributed by atoms with Crippen molar-refractivity contribution in [3.8, 4) is 0 Å². The highest BCUT2D eigenvalue weighted by Crippen LogP contribution is 2.21. The third-order valence-corrected chi connectivity index (χ3v) is 6.46. The van der Waals surface area contributed by atoms with E-state index in [2.05, 4.69) is 10.6 Å². The van der Waals surface area contributed by atoms with Crippen molar-refractivity contribution in [1.82, 2.24) is 5.32 Å². The van der Waals surface area contributed by atoms with Crippen molar-refractivity contribution in [2.75, 3.05) is 22.4 Å². The van der Waals surface area contributed by atoms with E-state index in [9.17, 15) is 22.8 Å². The van der Waals surface area contributed by atoms with Gasteiger partial charge in [0.15, 0.2) is 5.78 Å². The quantitative estimate of drug-likeness (QED) is 0.441. The Hall–Kier alpha value is -3.98. The van der Waals surface area contributed by atoms with E-state index in [4.69, 9.17) is 0 Å².